The Kier molecular flexibility index (Phi) is 14.3. The molecule has 0 bridgehead atoms. The monoisotopic (exact) mass is 878 g/mol. The number of carbonyl (C=O) groups excluding carboxylic acids is 6. The number of aromatic hydroxyl groups is 5. The molecule has 1 aromatic heterocycles. The maximum absolute atomic E-state index is 14.3. The molecule has 2 aromatic carbocycles. The Balaban J connectivity index is 1.67. The van der Waals surface area contributed by atoms with Crippen molar-refractivity contribution in [1.82, 2.24) is 0 Å². The summed E-state index contributed by atoms with van der Waals surface area (Å²) in [6.45, 7) is 4.95. The Morgan fingerprint density at radius 1 is 0.613 bits per heavy atom. The minimum atomic E-state index is -2.08. The molecule has 5 rings (SSSR count). The van der Waals surface area contributed by atoms with Crippen LogP contribution in [0.25, 0.3) is 22.3 Å². The molecule has 336 valence electrons. The molecule has 23 heteroatoms. The van der Waals surface area contributed by atoms with Gasteiger partial charge in [-0.25, -0.2) is 0 Å². The second-order valence-electron chi connectivity index (χ2n) is 13.9. The zero-order chi connectivity index (χ0) is 45.7. The number of rotatable bonds is 13. The number of carbonyl (C=O) groups is 6. The molecular formula is C39H42O23. The van der Waals surface area contributed by atoms with Crippen LogP contribution >= 0.6 is 0 Å². The van der Waals surface area contributed by atoms with Crippen molar-refractivity contribution in [2.75, 3.05) is 13.2 Å². The molecule has 2 aliphatic heterocycles. The molecule has 0 spiro atoms. The number of benzene rings is 2. The lowest BCUT2D eigenvalue weighted by Crippen LogP contribution is -2.65. The Morgan fingerprint density at radius 2 is 1.15 bits per heavy atom. The summed E-state index contributed by atoms with van der Waals surface area (Å²) in [4.78, 5) is 88.1. The Bertz CT molecular complexity index is 2260. The second kappa shape index (κ2) is 19.2. The maximum Gasteiger partial charge on any atom is 0.303 e. The molecule has 62 heavy (non-hydrogen) atoms. The number of fused-ring (bicyclic) bond motifs is 1. The largest absolute Gasteiger partial charge is 0.508 e. The number of esters is 6. The Morgan fingerprint density at radius 3 is 1.71 bits per heavy atom. The predicted molar refractivity (Wildman–Crippen MR) is 199 cm³/mol. The fourth-order valence-electron chi connectivity index (χ4n) is 6.64. The zero-order valence-corrected chi connectivity index (χ0v) is 33.7. The van der Waals surface area contributed by atoms with E-state index in [0.717, 1.165) is 65.8 Å². The number of phenolic OH excluding ortho intramolecular Hbond substituents is 5. The van der Waals surface area contributed by atoms with Crippen LogP contribution in [0.5, 0.6) is 34.5 Å². The van der Waals surface area contributed by atoms with Crippen molar-refractivity contribution < 1.29 is 106 Å². The van der Waals surface area contributed by atoms with Crippen molar-refractivity contribution in [1.29, 1.82) is 0 Å². The van der Waals surface area contributed by atoms with Gasteiger partial charge in [-0.2, -0.15) is 0 Å². The molecule has 9 atom stereocenters. The first kappa shape index (κ1) is 46.2. The third kappa shape index (κ3) is 10.9. The van der Waals surface area contributed by atoms with Gasteiger partial charge in [-0.3, -0.25) is 33.6 Å². The summed E-state index contributed by atoms with van der Waals surface area (Å²) in [5.74, 6) is -10.9. The second-order valence-corrected chi connectivity index (χ2v) is 13.9. The smallest absolute Gasteiger partial charge is 0.303 e. The van der Waals surface area contributed by atoms with Gasteiger partial charge in [0.15, 0.2) is 41.5 Å². The molecule has 3 aromatic rings. The summed E-state index contributed by atoms with van der Waals surface area (Å²) < 4.78 is 62.8. The van der Waals surface area contributed by atoms with Crippen LogP contribution in [0.3, 0.4) is 0 Å². The zero-order valence-electron chi connectivity index (χ0n) is 33.7. The lowest BCUT2D eigenvalue weighted by atomic mass is 9.97. The Labute approximate surface area is 349 Å². The van der Waals surface area contributed by atoms with Gasteiger partial charge in [-0.1, -0.05) is 0 Å². The lowest BCUT2D eigenvalue weighted by molar-refractivity contribution is -0.342. The van der Waals surface area contributed by atoms with Crippen molar-refractivity contribution in [3.8, 4) is 45.8 Å². The van der Waals surface area contributed by atoms with Gasteiger partial charge in [0.2, 0.25) is 23.6 Å². The maximum atomic E-state index is 14.3. The first-order valence-electron chi connectivity index (χ1n) is 18.5. The molecule has 0 radical (unpaired) electrons. The number of hydrogen-bond acceptors (Lipinski definition) is 23. The lowest BCUT2D eigenvalue weighted by Gasteiger charge is -2.47. The fourth-order valence-corrected chi connectivity index (χ4v) is 6.64. The quantitative estimate of drug-likeness (QED) is 0.0921. The number of phenols is 5. The van der Waals surface area contributed by atoms with Crippen molar-refractivity contribution >= 4 is 46.8 Å². The van der Waals surface area contributed by atoms with Gasteiger partial charge in [-0.05, 0) is 12.1 Å². The molecule has 23 nitrogen and oxygen atoms in total. The van der Waals surface area contributed by atoms with E-state index >= 15 is 0 Å². The Hall–Kier alpha value is -6.85. The van der Waals surface area contributed by atoms with E-state index in [1.165, 1.54) is 0 Å². The van der Waals surface area contributed by atoms with Crippen LogP contribution < -0.4 is 10.2 Å². The fraction of sp³-hybridized carbons (Fsp3) is 0.462. The molecule has 0 unspecified atom stereocenters. The van der Waals surface area contributed by atoms with Gasteiger partial charge in [0.25, 0.3) is 0 Å². The molecular weight excluding hydrogens is 836 g/mol. The van der Waals surface area contributed by atoms with E-state index in [4.69, 9.17) is 51.8 Å². The van der Waals surface area contributed by atoms with E-state index in [2.05, 4.69) is 0 Å². The highest BCUT2D eigenvalue weighted by atomic mass is 16.8. The van der Waals surface area contributed by atoms with E-state index in [-0.39, 0.29) is 12.0 Å². The summed E-state index contributed by atoms with van der Waals surface area (Å²) in [7, 11) is 0. The van der Waals surface area contributed by atoms with Crippen molar-refractivity contribution in [2.45, 2.75) is 103 Å². The topological polar surface area (TPSA) is 326 Å². The average Bonchev–Trinajstić information content (AvgIpc) is 3.15. The minimum absolute atomic E-state index is 0.303. The predicted octanol–water partition coefficient (Wildman–Crippen LogP) is 1.44. The molecule has 0 amide bonds. The molecule has 2 aliphatic rings. The van der Waals surface area contributed by atoms with Crippen LogP contribution in [-0.2, 0) is 71.4 Å². The van der Waals surface area contributed by atoms with E-state index in [0.29, 0.717) is 0 Å². The van der Waals surface area contributed by atoms with Gasteiger partial charge in [0.1, 0.15) is 60.1 Å². The van der Waals surface area contributed by atoms with Crippen LogP contribution in [0.1, 0.15) is 48.0 Å². The van der Waals surface area contributed by atoms with Gasteiger partial charge in [0, 0.05) is 65.7 Å². The average molecular weight is 879 g/mol. The van der Waals surface area contributed by atoms with E-state index in [1.807, 2.05) is 0 Å². The third-order valence-electron chi connectivity index (χ3n) is 9.00. The van der Waals surface area contributed by atoms with Crippen LogP contribution in [0.2, 0.25) is 0 Å². The molecule has 0 aliphatic carbocycles. The summed E-state index contributed by atoms with van der Waals surface area (Å²) in [5, 5.41) is 51.1. The van der Waals surface area contributed by atoms with Gasteiger partial charge >= 0.3 is 35.8 Å². The van der Waals surface area contributed by atoms with Gasteiger partial charge in [0.05, 0.1) is 0 Å². The van der Waals surface area contributed by atoms with Crippen molar-refractivity contribution in [3.63, 3.8) is 0 Å². The summed E-state index contributed by atoms with van der Waals surface area (Å²) in [6, 6.07) is 3.44. The normalized spacial score (nSPS) is 24.6. The highest BCUT2D eigenvalue weighted by Crippen LogP contribution is 2.44. The number of ether oxygens (including phenoxy) is 10. The van der Waals surface area contributed by atoms with Crippen LogP contribution in [-0.4, -0.2) is 130 Å². The van der Waals surface area contributed by atoms with Crippen molar-refractivity contribution in [3.05, 3.63) is 34.5 Å². The third-order valence-corrected chi connectivity index (χ3v) is 9.00. The molecule has 3 heterocycles. The molecule has 5 N–H and O–H groups in total. The highest BCUT2D eigenvalue weighted by Gasteiger charge is 2.55. The van der Waals surface area contributed by atoms with E-state index < -0.39 is 161 Å². The van der Waals surface area contributed by atoms with Crippen molar-refractivity contribution in [2.24, 2.45) is 0 Å². The molecule has 2 saturated heterocycles. The summed E-state index contributed by atoms with van der Waals surface area (Å²) in [5.41, 5.74) is -1.97. The van der Waals surface area contributed by atoms with Crippen LogP contribution in [0.15, 0.2) is 33.5 Å². The summed E-state index contributed by atoms with van der Waals surface area (Å²) >= 11 is 0. The van der Waals surface area contributed by atoms with E-state index in [9.17, 15) is 59.1 Å². The molecule has 0 saturated carbocycles. The first-order valence-corrected chi connectivity index (χ1v) is 18.5. The first-order chi connectivity index (χ1) is 29.1. The number of hydrogen-bond donors (Lipinski definition) is 5. The van der Waals surface area contributed by atoms with Crippen LogP contribution in [0, 0.1) is 0 Å². The van der Waals surface area contributed by atoms with Crippen LogP contribution in [0.4, 0.5) is 0 Å². The summed E-state index contributed by atoms with van der Waals surface area (Å²) in [6.07, 6.45) is -15.1. The van der Waals surface area contributed by atoms with E-state index in [1.54, 1.807) is 0 Å². The molecule has 2 fully saturated rings. The SMILES string of the molecule is CC(=O)OC[C@H]1O[C@@H](Oc2c(-c3cc(O)c(O)c(O)c3)oc3cc(O)cc(O)c3c2=O)[C@H](OC(C)=O)[C@@H](OC(C)=O)[C@@H]1O[C@@H]1O[C@H](COC(C)=O)[C@H](OC(C)=O)C[C@H]1OC(C)=O. The minimum Gasteiger partial charge on any atom is -0.508 e. The van der Waals surface area contributed by atoms with Gasteiger partial charge in [-0.15, -0.1) is 0 Å². The highest BCUT2D eigenvalue weighted by molar-refractivity contribution is 5.88. The standard InChI is InChI=1S/C39H42O23/c1-14(40)52-12-28-25(54-16(3)42)11-27(55-17(4)43)38(59-28)61-34-29(13-53-15(2)41)60-39(37(57-19(6)45)36(34)56-18(5)44)62-35-32(51)30-22(47)9-21(46)10-26(30)58-33(35)20-7-23(48)31(50)24(49)8-20/h7-10,25,27-29,34,36-39,46-50H,11-13H2,1-6H3/t25-,27-,28-,29-,34-,36+,37-,38+,39+/m1/s1. The van der Waals surface area contributed by atoms with Gasteiger partial charge < -0.3 is 77.3 Å².